The lowest BCUT2D eigenvalue weighted by atomic mass is 9.54. The average Bonchev–Trinajstić information content (AvgIpc) is 2.59. The second kappa shape index (κ2) is 7.41. The van der Waals surface area contributed by atoms with E-state index >= 15 is 0 Å². The van der Waals surface area contributed by atoms with Gasteiger partial charge in [0.05, 0.1) is 13.2 Å². The molecule has 1 fully saturated rings. The Bertz CT molecular complexity index is 646. The van der Waals surface area contributed by atoms with E-state index in [2.05, 4.69) is 10.1 Å². The SMILES string of the molecule is CCOC1CC(N)(C(=O)Nc2cccc(OCC(=O)OC)c2)C1(C)C. The highest BCUT2D eigenvalue weighted by atomic mass is 16.6. The van der Waals surface area contributed by atoms with Crippen molar-refractivity contribution in [3.05, 3.63) is 24.3 Å². The fourth-order valence-electron chi connectivity index (χ4n) is 2.93. The predicted molar refractivity (Wildman–Crippen MR) is 93.3 cm³/mol. The zero-order valence-electron chi connectivity index (χ0n) is 15.1. The van der Waals surface area contributed by atoms with Crippen LogP contribution in [0, 0.1) is 5.41 Å². The summed E-state index contributed by atoms with van der Waals surface area (Å²) in [7, 11) is 1.29. The van der Waals surface area contributed by atoms with Crippen LogP contribution in [0.4, 0.5) is 5.69 Å². The van der Waals surface area contributed by atoms with Gasteiger partial charge in [0.2, 0.25) is 5.91 Å². The Morgan fingerprint density at radius 3 is 2.68 bits per heavy atom. The van der Waals surface area contributed by atoms with Gasteiger partial charge in [-0.05, 0) is 19.1 Å². The molecule has 2 atom stereocenters. The normalized spacial score (nSPS) is 24.1. The number of carbonyl (C=O) groups excluding carboxylic acids is 2. The van der Waals surface area contributed by atoms with Crippen LogP contribution in [0.1, 0.15) is 27.2 Å². The van der Waals surface area contributed by atoms with E-state index in [1.165, 1.54) is 7.11 Å². The number of nitrogens with one attached hydrogen (secondary N) is 1. The van der Waals surface area contributed by atoms with Crippen LogP contribution in [0.3, 0.4) is 0 Å². The van der Waals surface area contributed by atoms with E-state index < -0.39 is 16.9 Å². The molecule has 0 aromatic heterocycles. The fraction of sp³-hybridized carbons (Fsp3) is 0.556. The number of benzene rings is 1. The summed E-state index contributed by atoms with van der Waals surface area (Å²) in [5.41, 5.74) is 5.44. The average molecular weight is 350 g/mol. The van der Waals surface area contributed by atoms with Crippen molar-refractivity contribution in [3.63, 3.8) is 0 Å². The van der Waals surface area contributed by atoms with Crippen LogP contribution >= 0.6 is 0 Å². The number of anilines is 1. The zero-order valence-corrected chi connectivity index (χ0v) is 15.1. The zero-order chi connectivity index (χ0) is 18.7. The lowest BCUT2D eigenvalue weighted by Gasteiger charge is -2.57. The molecule has 1 aromatic carbocycles. The van der Waals surface area contributed by atoms with E-state index in [0.717, 1.165) is 0 Å². The van der Waals surface area contributed by atoms with Crippen LogP contribution in [0.25, 0.3) is 0 Å². The molecule has 7 heteroatoms. The van der Waals surface area contributed by atoms with Gasteiger partial charge in [0, 0.05) is 30.2 Å². The third kappa shape index (κ3) is 3.77. The van der Waals surface area contributed by atoms with Gasteiger partial charge in [-0.3, -0.25) is 4.79 Å². The minimum absolute atomic E-state index is 0.0389. The van der Waals surface area contributed by atoms with Gasteiger partial charge in [-0.1, -0.05) is 19.9 Å². The maximum atomic E-state index is 12.7. The molecule has 1 aromatic rings. The Morgan fingerprint density at radius 1 is 1.36 bits per heavy atom. The summed E-state index contributed by atoms with van der Waals surface area (Å²) in [6.45, 7) is 6.19. The molecule has 2 unspecified atom stereocenters. The van der Waals surface area contributed by atoms with Crippen molar-refractivity contribution in [1.82, 2.24) is 0 Å². The number of hydrogen-bond acceptors (Lipinski definition) is 6. The molecular formula is C18H26N2O5. The van der Waals surface area contributed by atoms with Gasteiger partial charge in [0.1, 0.15) is 11.3 Å². The topological polar surface area (TPSA) is 99.9 Å². The van der Waals surface area contributed by atoms with Crippen molar-refractivity contribution >= 4 is 17.6 Å². The summed E-state index contributed by atoms with van der Waals surface area (Å²) < 4.78 is 15.5. The van der Waals surface area contributed by atoms with Crippen molar-refractivity contribution < 1.29 is 23.8 Å². The van der Waals surface area contributed by atoms with E-state index in [4.69, 9.17) is 15.2 Å². The van der Waals surface area contributed by atoms with Crippen molar-refractivity contribution in [2.45, 2.75) is 38.8 Å². The van der Waals surface area contributed by atoms with Gasteiger partial charge in [0.25, 0.3) is 0 Å². The van der Waals surface area contributed by atoms with E-state index in [1.807, 2.05) is 20.8 Å². The number of rotatable bonds is 7. The Morgan fingerprint density at radius 2 is 2.08 bits per heavy atom. The second-order valence-electron chi connectivity index (χ2n) is 6.69. The van der Waals surface area contributed by atoms with Gasteiger partial charge >= 0.3 is 5.97 Å². The lowest BCUT2D eigenvalue weighted by Crippen LogP contribution is -2.74. The minimum Gasteiger partial charge on any atom is -0.482 e. The summed E-state index contributed by atoms with van der Waals surface area (Å²) in [6, 6.07) is 6.78. The van der Waals surface area contributed by atoms with Crippen LogP contribution in [-0.2, 0) is 19.1 Å². The molecule has 3 N–H and O–H groups in total. The molecule has 1 aliphatic carbocycles. The van der Waals surface area contributed by atoms with Gasteiger partial charge in [-0.2, -0.15) is 0 Å². The van der Waals surface area contributed by atoms with E-state index in [1.54, 1.807) is 24.3 Å². The summed E-state index contributed by atoms with van der Waals surface area (Å²) in [6.07, 6.45) is 0.432. The molecule has 0 aliphatic heterocycles. The molecule has 7 nitrogen and oxygen atoms in total. The molecule has 138 valence electrons. The van der Waals surface area contributed by atoms with E-state index in [-0.39, 0.29) is 18.6 Å². The first-order chi connectivity index (χ1) is 11.7. The summed E-state index contributed by atoms with van der Waals surface area (Å²) in [4.78, 5) is 23.8. The Balaban J connectivity index is 2.02. The molecule has 1 amide bonds. The third-order valence-corrected chi connectivity index (χ3v) is 4.91. The van der Waals surface area contributed by atoms with Crippen LogP contribution in [0.5, 0.6) is 5.75 Å². The highest BCUT2D eigenvalue weighted by Crippen LogP contribution is 2.50. The first kappa shape index (κ1) is 19.2. The highest BCUT2D eigenvalue weighted by Gasteiger charge is 2.62. The monoisotopic (exact) mass is 350 g/mol. The smallest absolute Gasteiger partial charge is 0.343 e. The Kier molecular flexibility index (Phi) is 5.69. The van der Waals surface area contributed by atoms with Crippen molar-refractivity contribution in [2.24, 2.45) is 11.1 Å². The van der Waals surface area contributed by atoms with Crippen LogP contribution in [0.2, 0.25) is 0 Å². The maximum Gasteiger partial charge on any atom is 0.343 e. The van der Waals surface area contributed by atoms with Gasteiger partial charge in [0.15, 0.2) is 6.61 Å². The Hall–Kier alpha value is -2.12. The summed E-state index contributed by atoms with van der Waals surface area (Å²) in [5, 5.41) is 2.83. The fourth-order valence-corrected chi connectivity index (χ4v) is 2.93. The number of carbonyl (C=O) groups is 2. The highest BCUT2D eigenvalue weighted by molar-refractivity contribution is 5.99. The van der Waals surface area contributed by atoms with E-state index in [0.29, 0.717) is 24.5 Å². The first-order valence-corrected chi connectivity index (χ1v) is 8.26. The van der Waals surface area contributed by atoms with Crippen molar-refractivity contribution in [2.75, 3.05) is 25.6 Å². The van der Waals surface area contributed by atoms with Crippen LogP contribution < -0.4 is 15.8 Å². The molecule has 0 spiro atoms. The van der Waals surface area contributed by atoms with Gasteiger partial charge < -0.3 is 25.3 Å². The molecule has 0 heterocycles. The van der Waals surface area contributed by atoms with Crippen molar-refractivity contribution in [3.8, 4) is 5.75 Å². The molecule has 1 saturated carbocycles. The largest absolute Gasteiger partial charge is 0.482 e. The molecule has 0 saturated heterocycles. The van der Waals surface area contributed by atoms with Crippen molar-refractivity contribution in [1.29, 1.82) is 0 Å². The maximum absolute atomic E-state index is 12.7. The molecule has 0 radical (unpaired) electrons. The predicted octanol–water partition coefficient (Wildman–Crippen LogP) is 1.71. The number of ether oxygens (including phenoxy) is 3. The van der Waals surface area contributed by atoms with Gasteiger partial charge in [-0.25, -0.2) is 4.79 Å². The quantitative estimate of drug-likeness (QED) is 0.726. The molecule has 25 heavy (non-hydrogen) atoms. The van der Waals surface area contributed by atoms with Crippen LogP contribution in [0.15, 0.2) is 24.3 Å². The summed E-state index contributed by atoms with van der Waals surface area (Å²) in [5.74, 6) is -0.290. The Labute approximate surface area is 147 Å². The van der Waals surface area contributed by atoms with E-state index in [9.17, 15) is 9.59 Å². The number of esters is 1. The molecule has 1 aliphatic rings. The number of amides is 1. The number of methoxy groups -OCH3 is 1. The van der Waals surface area contributed by atoms with Gasteiger partial charge in [-0.15, -0.1) is 0 Å². The summed E-state index contributed by atoms with van der Waals surface area (Å²) >= 11 is 0. The first-order valence-electron chi connectivity index (χ1n) is 8.26. The third-order valence-electron chi connectivity index (χ3n) is 4.91. The molecule has 0 bridgehead atoms. The minimum atomic E-state index is -1.00. The standard InChI is InChI=1S/C18H26N2O5/c1-5-24-14-10-18(19,17(14,2)3)16(22)20-12-7-6-8-13(9-12)25-11-15(21)23-4/h6-9,14H,5,10-11,19H2,1-4H3,(H,20,22). The molecule has 2 rings (SSSR count). The second-order valence-corrected chi connectivity index (χ2v) is 6.69. The lowest BCUT2D eigenvalue weighted by molar-refractivity contribution is -0.166. The molecular weight excluding hydrogens is 324 g/mol. The number of nitrogens with two attached hydrogens (primary N) is 1. The van der Waals surface area contributed by atoms with Crippen LogP contribution in [-0.4, -0.2) is 43.8 Å². The number of hydrogen-bond donors (Lipinski definition) is 2.